The number of nitrogens with zero attached hydrogens (tertiary/aromatic N) is 1. The molecule has 2 rings (SSSR count). The van der Waals surface area contributed by atoms with E-state index >= 15 is 4.39 Å². The van der Waals surface area contributed by atoms with Gasteiger partial charge in [-0.1, -0.05) is 12.2 Å². The van der Waals surface area contributed by atoms with Gasteiger partial charge in [0.15, 0.2) is 6.20 Å². The summed E-state index contributed by atoms with van der Waals surface area (Å²) in [6.07, 6.45) is -7.76. The van der Waals surface area contributed by atoms with Gasteiger partial charge in [0, 0.05) is 11.8 Å². The highest BCUT2D eigenvalue weighted by molar-refractivity contribution is 7.71. The zero-order chi connectivity index (χ0) is 25.6. The number of aromatic amines is 1. The van der Waals surface area contributed by atoms with Gasteiger partial charge in [-0.05, 0) is 0 Å². The highest BCUT2D eigenvalue weighted by atomic mass is 32.1. The molecule has 17 nitrogen and oxygen atoms in total. The molecule has 1 aliphatic rings. The second kappa shape index (κ2) is 9.50. The van der Waals surface area contributed by atoms with Crippen molar-refractivity contribution in [2.24, 2.45) is 0 Å². The third kappa shape index (κ3) is 6.66. The maximum atomic E-state index is 15.1. The summed E-state index contributed by atoms with van der Waals surface area (Å²) in [6, 6.07) is 0. The number of aromatic nitrogens is 2. The van der Waals surface area contributed by atoms with Crippen LogP contribution in [0, 0.1) is 4.64 Å². The van der Waals surface area contributed by atoms with E-state index in [2.05, 4.69) is 17.9 Å². The molecule has 0 radical (unpaired) electrons. The van der Waals surface area contributed by atoms with E-state index in [0.717, 1.165) is 0 Å². The average molecular weight is 549 g/mol. The molecular weight excluding hydrogens is 532 g/mol. The van der Waals surface area contributed by atoms with E-state index in [1.54, 1.807) is 0 Å². The van der Waals surface area contributed by atoms with Crippen LogP contribution in [0.2, 0.25) is 0 Å². The molecule has 0 aliphatic carbocycles. The molecule has 0 amide bonds. The van der Waals surface area contributed by atoms with E-state index in [1.165, 1.54) is 0 Å². The van der Waals surface area contributed by atoms with Gasteiger partial charge in [0.25, 0.3) is 5.85 Å². The number of ether oxygens (including phenoxy) is 1. The van der Waals surface area contributed by atoms with Crippen LogP contribution in [-0.2, 0) is 38.2 Å². The van der Waals surface area contributed by atoms with Crippen LogP contribution < -0.4 is 5.69 Å². The maximum Gasteiger partial charge on any atom is 0.490 e. The number of aliphatic hydroxyl groups excluding tert-OH is 3. The van der Waals surface area contributed by atoms with Gasteiger partial charge in [-0.15, -0.1) is 0 Å². The van der Waals surface area contributed by atoms with Gasteiger partial charge in [-0.25, -0.2) is 22.9 Å². The monoisotopic (exact) mass is 549 g/mol. The Hall–Kier alpha value is -0.720. The van der Waals surface area contributed by atoms with E-state index in [9.17, 15) is 38.7 Å². The number of hydrogen-bond acceptors (Lipinski definition) is 12. The summed E-state index contributed by atoms with van der Waals surface area (Å²) in [7, 11) is -17.5. The normalized spacial score (nSPS) is 32.8. The minimum Gasteiger partial charge on any atom is -0.392 e. The molecule has 1 saturated heterocycles. The standard InChI is InChI=1S/C10H16FN2O15P3S/c11-10(3-25-30(21,22)28-31(23,24)27-29(18,19)20)6(16)5(15)8(26-10)13-1-4(2-14)7(32)12-9(13)17/h1,5-6,8,14-16H,2-3H2,(H,21,22)(H,23,24)(H,12,17,32)(H2,18,19,20)/t5-,6+,8-,10-/m1/s1/i8D. The van der Waals surface area contributed by atoms with Crippen LogP contribution >= 0.6 is 35.7 Å². The van der Waals surface area contributed by atoms with Crippen LogP contribution in [-0.4, -0.2) is 69.1 Å². The van der Waals surface area contributed by atoms with Gasteiger partial charge >= 0.3 is 29.2 Å². The summed E-state index contributed by atoms with van der Waals surface area (Å²) in [5, 5.41) is 29.3. The van der Waals surface area contributed by atoms with Crippen molar-refractivity contribution in [3.05, 3.63) is 26.9 Å². The van der Waals surface area contributed by atoms with Crippen molar-refractivity contribution in [1.82, 2.24) is 9.55 Å². The molecule has 32 heavy (non-hydrogen) atoms. The molecule has 1 aromatic heterocycles. The van der Waals surface area contributed by atoms with Crippen molar-refractivity contribution in [3.8, 4) is 0 Å². The molecule has 0 saturated carbocycles. The summed E-state index contributed by atoms with van der Waals surface area (Å²) < 4.78 is 72.2. The molecule has 1 aliphatic heterocycles. The quantitative estimate of drug-likeness (QED) is 0.131. The predicted octanol–water partition coefficient (Wildman–Crippen LogP) is -1.34. The maximum absolute atomic E-state index is 15.1. The van der Waals surface area contributed by atoms with E-state index in [4.69, 9.17) is 28.3 Å². The van der Waals surface area contributed by atoms with Crippen LogP contribution in [0.5, 0.6) is 0 Å². The molecule has 0 spiro atoms. The lowest BCUT2D eigenvalue weighted by molar-refractivity contribution is -0.205. The number of rotatable bonds is 9. The summed E-state index contributed by atoms with van der Waals surface area (Å²) in [5.74, 6) is -3.74. The highest BCUT2D eigenvalue weighted by Gasteiger charge is 2.57. The van der Waals surface area contributed by atoms with Crippen LogP contribution in [0.4, 0.5) is 4.39 Å². The summed E-state index contributed by atoms with van der Waals surface area (Å²) >= 11 is 4.75. The number of hydrogen-bond donors (Lipinski definition) is 8. The van der Waals surface area contributed by atoms with Gasteiger partial charge in [-0.2, -0.15) is 8.62 Å². The molecule has 1 aromatic rings. The minimum atomic E-state index is -5.94. The van der Waals surface area contributed by atoms with Gasteiger partial charge in [0.05, 0.1) is 7.98 Å². The second-order valence-corrected chi connectivity index (χ2v) is 10.8. The second-order valence-electron chi connectivity index (χ2n) is 5.92. The Kier molecular flexibility index (Phi) is 7.69. The number of H-pyrrole nitrogens is 1. The number of phosphoric acid groups is 3. The average Bonchev–Trinajstić information content (AvgIpc) is 2.79. The van der Waals surface area contributed by atoms with Crippen molar-refractivity contribution in [2.45, 2.75) is 30.9 Å². The van der Waals surface area contributed by atoms with Crippen LogP contribution in [0.3, 0.4) is 0 Å². The van der Waals surface area contributed by atoms with Crippen LogP contribution in [0.25, 0.3) is 0 Å². The Bertz CT molecular complexity index is 1170. The fraction of sp³-hybridized carbons (Fsp3) is 0.600. The molecule has 0 aromatic carbocycles. The van der Waals surface area contributed by atoms with Crippen LogP contribution in [0.1, 0.15) is 13.1 Å². The summed E-state index contributed by atoms with van der Waals surface area (Å²) in [6.45, 7) is -2.66. The molecule has 2 unspecified atom stereocenters. The first kappa shape index (κ1) is 25.9. The number of halogens is 1. The van der Waals surface area contributed by atoms with Crippen molar-refractivity contribution in [1.29, 1.82) is 0 Å². The number of aliphatic hydroxyl groups is 3. The fourth-order valence-electron chi connectivity index (χ4n) is 2.23. The van der Waals surface area contributed by atoms with Gasteiger partial charge in [0.1, 0.15) is 23.5 Å². The minimum absolute atomic E-state index is 0.175. The molecule has 6 atom stereocenters. The molecule has 2 heterocycles. The SMILES string of the molecule is [2H][C@@]1(n2cc(CO)c(=S)[nH]c2=O)O[C@](F)(COP(=O)(O)OP(=O)(O)OP(=O)(O)O)[C@@H](O)[C@H]1O. The first-order chi connectivity index (χ1) is 14.8. The summed E-state index contributed by atoms with van der Waals surface area (Å²) in [4.78, 5) is 49.5. The van der Waals surface area contributed by atoms with Gasteiger partial charge in [0.2, 0.25) is 0 Å². The molecule has 1 fully saturated rings. The number of nitrogens with one attached hydrogen (secondary N) is 1. The first-order valence-electron chi connectivity index (χ1n) is 8.25. The third-order valence-corrected chi connectivity index (χ3v) is 7.68. The Balaban J connectivity index is 2.29. The van der Waals surface area contributed by atoms with E-state index in [1.807, 2.05) is 4.98 Å². The Morgan fingerprint density at radius 3 is 2.38 bits per heavy atom. The topological polar surface area (TPSA) is 268 Å². The smallest absolute Gasteiger partial charge is 0.392 e. The van der Waals surface area contributed by atoms with E-state index < -0.39 is 66.6 Å². The van der Waals surface area contributed by atoms with Crippen molar-refractivity contribution < 1.29 is 72.2 Å². The molecule has 0 bridgehead atoms. The number of phosphoric ester groups is 1. The van der Waals surface area contributed by atoms with Crippen molar-refractivity contribution in [2.75, 3.05) is 6.61 Å². The Morgan fingerprint density at radius 1 is 1.25 bits per heavy atom. The summed E-state index contributed by atoms with van der Waals surface area (Å²) in [5.41, 5.74) is -1.43. The highest BCUT2D eigenvalue weighted by Crippen LogP contribution is 2.66. The van der Waals surface area contributed by atoms with Crippen molar-refractivity contribution in [3.63, 3.8) is 0 Å². The predicted molar refractivity (Wildman–Crippen MR) is 97.6 cm³/mol. The van der Waals surface area contributed by atoms with E-state index in [-0.39, 0.29) is 14.8 Å². The lowest BCUT2D eigenvalue weighted by Crippen LogP contribution is -2.43. The fourth-order valence-corrected chi connectivity index (χ4v) is 5.47. The van der Waals surface area contributed by atoms with E-state index in [0.29, 0.717) is 6.20 Å². The Labute approximate surface area is 182 Å². The van der Waals surface area contributed by atoms with Crippen molar-refractivity contribution >= 4 is 35.7 Å². The zero-order valence-corrected chi connectivity index (χ0v) is 18.6. The third-order valence-electron chi connectivity index (χ3n) is 3.53. The lowest BCUT2D eigenvalue weighted by Gasteiger charge is -2.24. The lowest BCUT2D eigenvalue weighted by atomic mass is 10.1. The van der Waals surface area contributed by atoms with Crippen LogP contribution in [0.15, 0.2) is 11.0 Å². The molecule has 184 valence electrons. The Morgan fingerprint density at radius 2 is 1.84 bits per heavy atom. The van der Waals surface area contributed by atoms with Gasteiger partial charge in [-0.3, -0.25) is 14.1 Å². The zero-order valence-electron chi connectivity index (χ0n) is 16.1. The first-order valence-corrected chi connectivity index (χ1v) is 12.7. The molecule has 8 N–H and O–H groups in total. The molecule has 22 heteroatoms. The number of alkyl halides is 1. The molecular formula is C10H16FN2O15P3S. The largest absolute Gasteiger partial charge is 0.490 e. The van der Waals surface area contributed by atoms with Gasteiger partial charge < -0.3 is 39.6 Å².